The minimum atomic E-state index is -3.51. The average Bonchev–Trinajstić information content (AvgIpc) is 3.15. The lowest BCUT2D eigenvalue weighted by Crippen LogP contribution is -2.26. The van der Waals surface area contributed by atoms with Gasteiger partial charge in [0, 0.05) is 23.8 Å². The Hall–Kier alpha value is -0.660. The van der Waals surface area contributed by atoms with Gasteiger partial charge in [0.25, 0.3) is 0 Å². The molecule has 0 radical (unpaired) electrons. The third-order valence-corrected chi connectivity index (χ3v) is 4.90. The predicted octanol–water partition coefficient (Wildman–Crippen LogP) is 2.35. The lowest BCUT2D eigenvalue weighted by atomic mass is 10.3. The lowest BCUT2D eigenvalue weighted by molar-refractivity contribution is 0.575. The van der Waals surface area contributed by atoms with Crippen LogP contribution >= 0.6 is 15.9 Å². The van der Waals surface area contributed by atoms with E-state index in [-0.39, 0.29) is 4.90 Å². The molecule has 0 unspecified atom stereocenters. The molecule has 7 heteroatoms. The molecular formula is C12H18BrN3O2S. The van der Waals surface area contributed by atoms with Gasteiger partial charge >= 0.3 is 0 Å². The van der Waals surface area contributed by atoms with Crippen LogP contribution in [0.4, 0.5) is 5.82 Å². The number of hydrogen-bond acceptors (Lipinski definition) is 4. The summed E-state index contributed by atoms with van der Waals surface area (Å²) in [5, 5.41) is 2.97. The summed E-state index contributed by atoms with van der Waals surface area (Å²) >= 11 is 3.26. The molecule has 5 nitrogen and oxygen atoms in total. The number of nitrogens with one attached hydrogen (secondary N) is 2. The number of pyridine rings is 1. The summed E-state index contributed by atoms with van der Waals surface area (Å²) in [5.41, 5.74) is 0. The molecule has 0 aromatic carbocycles. The summed E-state index contributed by atoms with van der Waals surface area (Å²) in [6.07, 6.45) is 4.95. The maximum absolute atomic E-state index is 12.3. The normalized spacial score (nSPS) is 15.5. The maximum Gasteiger partial charge on any atom is 0.244 e. The molecule has 1 aromatic rings. The Morgan fingerprint density at radius 2 is 2.21 bits per heavy atom. The van der Waals surface area contributed by atoms with Crippen LogP contribution < -0.4 is 10.0 Å². The molecule has 2 N–H and O–H groups in total. The van der Waals surface area contributed by atoms with Crippen molar-refractivity contribution in [3.05, 3.63) is 16.7 Å². The Balaban J connectivity index is 2.14. The molecule has 0 bridgehead atoms. The highest BCUT2D eigenvalue weighted by Gasteiger charge is 2.23. The van der Waals surface area contributed by atoms with Crippen LogP contribution in [0.1, 0.15) is 26.2 Å². The van der Waals surface area contributed by atoms with Crippen LogP contribution in [0, 0.1) is 5.92 Å². The molecular weight excluding hydrogens is 330 g/mol. The van der Waals surface area contributed by atoms with Crippen LogP contribution in [0.15, 0.2) is 21.6 Å². The SMILES string of the molecule is CCNc1ncc(Br)cc1S(=O)(=O)NCCC1CC1. The second-order valence-electron chi connectivity index (χ2n) is 4.66. The molecule has 1 aliphatic carbocycles. The van der Waals surface area contributed by atoms with Crippen molar-refractivity contribution in [2.24, 2.45) is 5.92 Å². The minimum Gasteiger partial charge on any atom is -0.369 e. The fourth-order valence-corrected chi connectivity index (χ4v) is 3.49. The first-order valence-electron chi connectivity index (χ1n) is 6.42. The molecule has 2 rings (SSSR count). The highest BCUT2D eigenvalue weighted by atomic mass is 79.9. The summed E-state index contributed by atoms with van der Waals surface area (Å²) < 4.78 is 27.8. The maximum atomic E-state index is 12.3. The Morgan fingerprint density at radius 3 is 2.84 bits per heavy atom. The zero-order valence-electron chi connectivity index (χ0n) is 10.8. The number of sulfonamides is 1. The van der Waals surface area contributed by atoms with Gasteiger partial charge in [-0.25, -0.2) is 18.1 Å². The van der Waals surface area contributed by atoms with E-state index < -0.39 is 10.0 Å². The summed E-state index contributed by atoms with van der Waals surface area (Å²) in [4.78, 5) is 4.31. The first-order chi connectivity index (χ1) is 9.03. The molecule has 106 valence electrons. The Bertz CT molecular complexity index is 544. The topological polar surface area (TPSA) is 71.1 Å². The van der Waals surface area contributed by atoms with E-state index in [9.17, 15) is 8.42 Å². The first kappa shape index (κ1) is 14.7. The fourth-order valence-electron chi connectivity index (χ4n) is 1.81. The number of anilines is 1. The molecule has 1 aromatic heterocycles. The van der Waals surface area contributed by atoms with E-state index >= 15 is 0 Å². The van der Waals surface area contributed by atoms with Crippen LogP contribution in [0.5, 0.6) is 0 Å². The minimum absolute atomic E-state index is 0.194. The van der Waals surface area contributed by atoms with Gasteiger partial charge in [0.1, 0.15) is 10.7 Å². The predicted molar refractivity (Wildman–Crippen MR) is 78.6 cm³/mol. The zero-order chi connectivity index (χ0) is 13.9. The smallest absolute Gasteiger partial charge is 0.244 e. The van der Waals surface area contributed by atoms with E-state index in [4.69, 9.17) is 0 Å². The number of aromatic nitrogens is 1. The fraction of sp³-hybridized carbons (Fsp3) is 0.583. The van der Waals surface area contributed by atoms with Crippen molar-refractivity contribution < 1.29 is 8.42 Å². The van der Waals surface area contributed by atoms with Crippen molar-refractivity contribution in [2.75, 3.05) is 18.4 Å². The number of hydrogen-bond donors (Lipinski definition) is 2. The van der Waals surface area contributed by atoms with Crippen molar-refractivity contribution in [1.29, 1.82) is 0 Å². The summed E-state index contributed by atoms with van der Waals surface area (Å²) in [6, 6.07) is 1.57. The molecule has 0 saturated heterocycles. The van der Waals surface area contributed by atoms with Crippen molar-refractivity contribution >= 4 is 31.8 Å². The van der Waals surface area contributed by atoms with Gasteiger partial charge < -0.3 is 5.32 Å². The van der Waals surface area contributed by atoms with Crippen LogP contribution in [-0.2, 0) is 10.0 Å². The lowest BCUT2D eigenvalue weighted by Gasteiger charge is -2.11. The van der Waals surface area contributed by atoms with Gasteiger partial charge in [-0.2, -0.15) is 0 Å². The third kappa shape index (κ3) is 4.15. The van der Waals surface area contributed by atoms with E-state index in [0.29, 0.717) is 29.3 Å². The molecule has 1 aliphatic rings. The van der Waals surface area contributed by atoms with Crippen LogP contribution in [-0.4, -0.2) is 26.5 Å². The highest BCUT2D eigenvalue weighted by molar-refractivity contribution is 9.10. The quantitative estimate of drug-likeness (QED) is 0.794. The van der Waals surface area contributed by atoms with E-state index in [1.807, 2.05) is 6.92 Å². The highest BCUT2D eigenvalue weighted by Crippen LogP contribution is 2.32. The summed E-state index contributed by atoms with van der Waals surface area (Å²) in [7, 11) is -3.51. The van der Waals surface area contributed by atoms with Gasteiger partial charge in [-0.05, 0) is 41.3 Å². The van der Waals surface area contributed by atoms with Gasteiger partial charge in [0.15, 0.2) is 0 Å². The van der Waals surface area contributed by atoms with Crippen LogP contribution in [0.3, 0.4) is 0 Å². The van der Waals surface area contributed by atoms with E-state index in [0.717, 1.165) is 6.42 Å². The van der Waals surface area contributed by atoms with Crippen molar-refractivity contribution in [3.63, 3.8) is 0 Å². The average molecular weight is 348 g/mol. The molecule has 1 heterocycles. The van der Waals surface area contributed by atoms with Crippen molar-refractivity contribution in [3.8, 4) is 0 Å². The Kier molecular flexibility index (Phi) is 4.81. The number of halogens is 1. The van der Waals surface area contributed by atoms with Crippen LogP contribution in [0.2, 0.25) is 0 Å². The molecule has 0 aliphatic heterocycles. The van der Waals surface area contributed by atoms with Gasteiger partial charge in [-0.3, -0.25) is 0 Å². The standard InChI is InChI=1S/C12H18BrN3O2S/c1-2-14-12-11(7-10(13)8-15-12)19(17,18)16-6-5-9-3-4-9/h7-9,16H,2-6H2,1H3,(H,14,15). The van der Waals surface area contributed by atoms with Crippen molar-refractivity contribution in [1.82, 2.24) is 9.71 Å². The first-order valence-corrected chi connectivity index (χ1v) is 8.69. The third-order valence-electron chi connectivity index (χ3n) is 2.99. The number of rotatable bonds is 7. The molecule has 0 atom stereocenters. The molecule has 19 heavy (non-hydrogen) atoms. The monoisotopic (exact) mass is 347 g/mol. The second kappa shape index (κ2) is 6.19. The zero-order valence-corrected chi connectivity index (χ0v) is 13.2. The number of nitrogens with zero attached hydrogens (tertiary/aromatic N) is 1. The van der Waals surface area contributed by atoms with Gasteiger partial charge in [-0.15, -0.1) is 0 Å². The second-order valence-corrected chi connectivity index (χ2v) is 7.31. The van der Waals surface area contributed by atoms with Gasteiger partial charge in [-0.1, -0.05) is 12.8 Å². The Labute approximate surface area is 122 Å². The molecule has 1 saturated carbocycles. The van der Waals surface area contributed by atoms with E-state index in [2.05, 4.69) is 31.0 Å². The van der Waals surface area contributed by atoms with Gasteiger partial charge in [0.05, 0.1) is 0 Å². The van der Waals surface area contributed by atoms with E-state index in [1.165, 1.54) is 12.8 Å². The Morgan fingerprint density at radius 1 is 1.47 bits per heavy atom. The summed E-state index contributed by atoms with van der Waals surface area (Å²) in [6.45, 7) is 3.02. The molecule has 1 fully saturated rings. The molecule has 0 spiro atoms. The molecule has 0 amide bonds. The van der Waals surface area contributed by atoms with Crippen molar-refractivity contribution in [2.45, 2.75) is 31.1 Å². The summed E-state index contributed by atoms with van der Waals surface area (Å²) in [5.74, 6) is 1.10. The van der Waals surface area contributed by atoms with Crippen LogP contribution in [0.25, 0.3) is 0 Å². The van der Waals surface area contributed by atoms with Gasteiger partial charge in [0.2, 0.25) is 10.0 Å². The largest absolute Gasteiger partial charge is 0.369 e. The van der Waals surface area contributed by atoms with E-state index in [1.54, 1.807) is 12.3 Å².